The number of nitrogens with zero attached hydrogens (tertiary/aromatic N) is 3. The molecule has 1 saturated carbocycles. The maximum absolute atomic E-state index is 9.28. The van der Waals surface area contributed by atoms with E-state index in [2.05, 4.69) is 52.4 Å². The maximum Gasteiger partial charge on any atom is 0.190 e. The van der Waals surface area contributed by atoms with Crippen molar-refractivity contribution >= 4 is 28.4 Å². The van der Waals surface area contributed by atoms with Crippen LogP contribution in [0.15, 0.2) is 47.6 Å². The van der Waals surface area contributed by atoms with E-state index in [1.165, 1.54) is 16.3 Å². The van der Waals surface area contributed by atoms with Crippen molar-refractivity contribution in [2.24, 2.45) is 0 Å². The minimum Gasteiger partial charge on any atom is -0.382 e. The van der Waals surface area contributed by atoms with Gasteiger partial charge in [0.2, 0.25) is 0 Å². The highest BCUT2D eigenvalue weighted by molar-refractivity contribution is 7.98. The average Bonchev–Trinajstić information content (AvgIpc) is 3.44. The molecule has 2 aromatic carbocycles. The molecule has 0 spiro atoms. The highest BCUT2D eigenvalue weighted by Gasteiger charge is 2.30. The number of benzene rings is 2. The first kappa shape index (κ1) is 15.0. The van der Waals surface area contributed by atoms with Gasteiger partial charge in [-0.05, 0) is 29.2 Å². The molecule has 1 aromatic heterocycles. The topological polar surface area (TPSA) is 75.6 Å². The Labute approximate surface area is 144 Å². The molecule has 3 aromatic rings. The zero-order chi connectivity index (χ0) is 16.5. The van der Waals surface area contributed by atoms with Gasteiger partial charge in [0.15, 0.2) is 5.16 Å². The van der Waals surface area contributed by atoms with E-state index in [9.17, 15) is 5.26 Å². The van der Waals surface area contributed by atoms with Crippen LogP contribution in [0.25, 0.3) is 10.8 Å². The van der Waals surface area contributed by atoms with Gasteiger partial charge in [-0.2, -0.15) is 5.26 Å². The summed E-state index contributed by atoms with van der Waals surface area (Å²) in [6.07, 6.45) is 2.16. The van der Waals surface area contributed by atoms with Gasteiger partial charge in [-0.3, -0.25) is 0 Å². The number of rotatable bonds is 4. The van der Waals surface area contributed by atoms with Crippen LogP contribution in [0.2, 0.25) is 0 Å². The predicted molar refractivity (Wildman–Crippen MR) is 96.6 cm³/mol. The van der Waals surface area contributed by atoms with Crippen LogP contribution >= 0.6 is 11.8 Å². The lowest BCUT2D eigenvalue weighted by Crippen LogP contribution is -2.04. The van der Waals surface area contributed by atoms with Gasteiger partial charge in [0, 0.05) is 11.7 Å². The van der Waals surface area contributed by atoms with E-state index in [-0.39, 0.29) is 0 Å². The summed E-state index contributed by atoms with van der Waals surface area (Å²) in [4.78, 5) is 8.93. The Hall–Kier alpha value is -2.58. The van der Waals surface area contributed by atoms with Gasteiger partial charge in [0.1, 0.15) is 17.5 Å². The molecule has 0 saturated heterocycles. The Morgan fingerprint density at radius 1 is 1.12 bits per heavy atom. The lowest BCUT2D eigenvalue weighted by atomic mass is 10.1. The smallest absolute Gasteiger partial charge is 0.190 e. The highest BCUT2D eigenvalue weighted by atomic mass is 32.2. The van der Waals surface area contributed by atoms with Crippen LogP contribution in [0, 0.1) is 11.3 Å². The molecule has 0 atom stereocenters. The summed E-state index contributed by atoms with van der Waals surface area (Å²) < 4.78 is 0. The Balaban J connectivity index is 1.63. The first-order valence-corrected chi connectivity index (χ1v) is 8.92. The van der Waals surface area contributed by atoms with Gasteiger partial charge in [-0.1, -0.05) is 54.2 Å². The second-order valence-electron chi connectivity index (χ2n) is 5.96. The molecule has 0 unspecified atom stereocenters. The van der Waals surface area contributed by atoms with Gasteiger partial charge in [0.25, 0.3) is 0 Å². The molecule has 1 aliphatic carbocycles. The van der Waals surface area contributed by atoms with Gasteiger partial charge in [-0.25, -0.2) is 9.97 Å². The second kappa shape index (κ2) is 6.14. The van der Waals surface area contributed by atoms with Crippen molar-refractivity contribution in [2.75, 3.05) is 5.73 Å². The molecule has 4 rings (SSSR count). The molecular formula is C19H16N4S. The molecule has 4 nitrogen and oxygen atoms in total. The van der Waals surface area contributed by atoms with E-state index in [1.54, 1.807) is 11.8 Å². The lowest BCUT2D eigenvalue weighted by Gasteiger charge is -2.09. The number of hydrogen-bond donors (Lipinski definition) is 1. The van der Waals surface area contributed by atoms with Crippen molar-refractivity contribution in [2.45, 2.75) is 29.7 Å². The van der Waals surface area contributed by atoms with E-state index in [4.69, 9.17) is 5.73 Å². The molecule has 0 bridgehead atoms. The number of anilines is 1. The minimum atomic E-state index is 0.301. The van der Waals surface area contributed by atoms with Crippen LogP contribution in [0.4, 0.5) is 5.82 Å². The predicted octanol–water partition coefficient (Wildman–Crippen LogP) is 4.25. The van der Waals surface area contributed by atoms with E-state index >= 15 is 0 Å². The zero-order valence-electron chi connectivity index (χ0n) is 13.1. The van der Waals surface area contributed by atoms with Crippen molar-refractivity contribution in [3.63, 3.8) is 0 Å². The molecule has 0 amide bonds. The molecule has 1 aliphatic rings. The van der Waals surface area contributed by atoms with Crippen LogP contribution in [0.3, 0.4) is 0 Å². The largest absolute Gasteiger partial charge is 0.382 e. The summed E-state index contributed by atoms with van der Waals surface area (Å²) in [6.45, 7) is 0. The number of hydrogen-bond acceptors (Lipinski definition) is 5. The monoisotopic (exact) mass is 332 g/mol. The molecule has 5 heteroatoms. The van der Waals surface area contributed by atoms with E-state index < -0.39 is 0 Å². The fourth-order valence-corrected chi connectivity index (χ4v) is 3.73. The van der Waals surface area contributed by atoms with Crippen molar-refractivity contribution in [3.05, 3.63) is 59.3 Å². The molecular weight excluding hydrogens is 316 g/mol. The Bertz CT molecular complexity index is 952. The summed E-state index contributed by atoms with van der Waals surface area (Å²) >= 11 is 1.57. The van der Waals surface area contributed by atoms with Crippen LogP contribution < -0.4 is 5.73 Å². The standard InChI is InChI=1S/C19H16N4S/c20-10-16-17(13-8-9-13)22-19(23-18(16)21)24-11-14-6-3-5-12-4-1-2-7-15(12)14/h1-7,13H,8-9,11H2,(H2,21,22,23). The molecule has 0 aliphatic heterocycles. The zero-order valence-corrected chi connectivity index (χ0v) is 13.9. The van der Waals surface area contributed by atoms with Crippen LogP contribution in [-0.2, 0) is 5.75 Å². The summed E-state index contributed by atoms with van der Waals surface area (Å²) in [5.41, 5.74) is 8.49. The van der Waals surface area contributed by atoms with Crippen molar-refractivity contribution in [1.82, 2.24) is 9.97 Å². The number of nitriles is 1. The molecule has 1 fully saturated rings. The van der Waals surface area contributed by atoms with E-state index in [1.807, 2.05) is 6.07 Å². The summed E-state index contributed by atoms with van der Waals surface area (Å²) in [6, 6.07) is 16.8. The van der Waals surface area contributed by atoms with E-state index in [0.29, 0.717) is 22.5 Å². The minimum absolute atomic E-state index is 0.301. The third-order valence-corrected chi connectivity index (χ3v) is 5.15. The SMILES string of the molecule is N#Cc1c(N)nc(SCc2cccc3ccccc23)nc1C1CC1. The number of aromatic nitrogens is 2. The Morgan fingerprint density at radius 2 is 1.92 bits per heavy atom. The van der Waals surface area contributed by atoms with Crippen LogP contribution in [0.5, 0.6) is 0 Å². The van der Waals surface area contributed by atoms with Gasteiger partial charge >= 0.3 is 0 Å². The number of nitrogens with two attached hydrogens (primary N) is 1. The Kier molecular flexibility index (Phi) is 3.83. The average molecular weight is 332 g/mol. The fraction of sp³-hybridized carbons (Fsp3) is 0.211. The van der Waals surface area contributed by atoms with Gasteiger partial charge in [-0.15, -0.1) is 0 Å². The fourth-order valence-electron chi connectivity index (χ4n) is 2.87. The maximum atomic E-state index is 9.28. The van der Waals surface area contributed by atoms with Crippen molar-refractivity contribution in [3.8, 4) is 6.07 Å². The number of nitrogen functional groups attached to an aromatic ring is 1. The normalized spacial score (nSPS) is 13.8. The lowest BCUT2D eigenvalue weighted by molar-refractivity contribution is 0.881. The van der Waals surface area contributed by atoms with Crippen LogP contribution in [-0.4, -0.2) is 9.97 Å². The first-order chi connectivity index (χ1) is 11.8. The molecule has 0 radical (unpaired) electrons. The number of fused-ring (bicyclic) bond motifs is 1. The Morgan fingerprint density at radius 3 is 2.71 bits per heavy atom. The van der Waals surface area contributed by atoms with Gasteiger partial charge < -0.3 is 5.73 Å². The summed E-state index contributed by atoms with van der Waals surface area (Å²) in [5.74, 6) is 1.45. The molecule has 2 N–H and O–H groups in total. The number of thioether (sulfide) groups is 1. The van der Waals surface area contributed by atoms with Crippen molar-refractivity contribution in [1.29, 1.82) is 5.26 Å². The molecule has 24 heavy (non-hydrogen) atoms. The second-order valence-corrected chi connectivity index (χ2v) is 6.91. The van der Waals surface area contributed by atoms with Crippen LogP contribution in [0.1, 0.15) is 35.6 Å². The quantitative estimate of drug-likeness (QED) is 0.571. The van der Waals surface area contributed by atoms with Gasteiger partial charge in [0.05, 0.1) is 5.69 Å². The molecule has 118 valence electrons. The summed E-state index contributed by atoms with van der Waals surface area (Å²) in [7, 11) is 0. The summed E-state index contributed by atoms with van der Waals surface area (Å²) in [5, 5.41) is 12.4. The molecule has 1 heterocycles. The third kappa shape index (κ3) is 2.81. The van der Waals surface area contributed by atoms with E-state index in [0.717, 1.165) is 24.3 Å². The van der Waals surface area contributed by atoms with Crippen molar-refractivity contribution < 1.29 is 0 Å². The first-order valence-electron chi connectivity index (χ1n) is 7.93. The highest BCUT2D eigenvalue weighted by Crippen LogP contribution is 2.42. The third-order valence-electron chi connectivity index (χ3n) is 4.26.